The number of fused-ring (bicyclic) bond motifs is 2. The molecule has 18 heteroatoms. The number of nitrogens with zero attached hydrogens (tertiary/aromatic N) is 10. The molecule has 0 aliphatic carbocycles. The zero-order valence-corrected chi connectivity index (χ0v) is 32.3. The second-order valence-corrected chi connectivity index (χ2v) is 14.0. The lowest BCUT2D eigenvalue weighted by Crippen LogP contribution is -2.49. The second kappa shape index (κ2) is 14.5. The molecule has 2 aromatic carbocycles. The lowest BCUT2D eigenvalue weighted by atomic mass is 10.0. The summed E-state index contributed by atoms with van der Waals surface area (Å²) in [6.07, 6.45) is 0. The van der Waals surface area contributed by atoms with Gasteiger partial charge in [-0.1, -0.05) is 26.0 Å². The molecule has 296 valence electrons. The Morgan fingerprint density at radius 2 is 1.23 bits per heavy atom. The molecule has 0 aliphatic heterocycles. The van der Waals surface area contributed by atoms with E-state index in [0.717, 1.165) is 9.13 Å². The van der Waals surface area contributed by atoms with Gasteiger partial charge in [0.05, 0.1) is 46.5 Å². The molecule has 0 radical (unpaired) electrons. The van der Waals surface area contributed by atoms with Crippen LogP contribution in [0.4, 0.5) is 17.6 Å². The Balaban J connectivity index is 1.52. The van der Waals surface area contributed by atoms with Gasteiger partial charge >= 0.3 is 11.8 Å². The van der Waals surface area contributed by atoms with Gasteiger partial charge in [-0.3, -0.25) is 23.7 Å². The zero-order valence-electron chi connectivity index (χ0n) is 32.3. The van der Waals surface area contributed by atoms with Crippen molar-refractivity contribution in [1.29, 1.82) is 0 Å². The number of nitrogens with two attached hydrogens (primary N) is 1. The Labute approximate surface area is 318 Å². The molecular formula is C38H43F4N11O3. The number of amides is 3. The SMILES string of the molecule is CCn1nc(C)cc1C(=O)/N=c1\n(C)c2cc(C(N)=O)ccc2n1CC(F)(F)C(F)(F)Cn1/c(=N/C(=O)c2cc(C)nn2CC)n(C)c2cccc(C(C)C)c21. The second-order valence-electron chi connectivity index (χ2n) is 14.0. The number of aryl methyl sites for hydroxylation is 6. The third-order valence-electron chi connectivity index (χ3n) is 9.79. The molecule has 2 N–H and O–H groups in total. The van der Waals surface area contributed by atoms with Crippen molar-refractivity contribution >= 4 is 39.8 Å². The van der Waals surface area contributed by atoms with E-state index >= 15 is 17.6 Å². The van der Waals surface area contributed by atoms with E-state index in [1.165, 1.54) is 62.9 Å². The quantitative estimate of drug-likeness (QED) is 0.183. The van der Waals surface area contributed by atoms with Crippen molar-refractivity contribution in [3.8, 4) is 0 Å². The smallest absolute Gasteiger partial charge is 0.329 e. The van der Waals surface area contributed by atoms with Crippen LogP contribution in [-0.2, 0) is 40.3 Å². The molecule has 0 saturated carbocycles. The Kier molecular flexibility index (Phi) is 10.3. The van der Waals surface area contributed by atoms with Crippen LogP contribution in [0.3, 0.4) is 0 Å². The van der Waals surface area contributed by atoms with Crippen LogP contribution >= 0.6 is 0 Å². The number of hydrogen-bond donors (Lipinski definition) is 1. The molecule has 0 fully saturated rings. The Morgan fingerprint density at radius 1 is 0.732 bits per heavy atom. The Hall–Kier alpha value is -6.07. The molecule has 0 atom stereocenters. The van der Waals surface area contributed by atoms with Crippen molar-refractivity contribution in [3.63, 3.8) is 0 Å². The molecule has 4 aromatic heterocycles. The van der Waals surface area contributed by atoms with E-state index in [1.807, 2.05) is 13.8 Å². The molecule has 0 unspecified atom stereocenters. The van der Waals surface area contributed by atoms with E-state index in [0.29, 0.717) is 35.6 Å². The Bertz CT molecular complexity index is 2690. The van der Waals surface area contributed by atoms with Crippen molar-refractivity contribution < 1.29 is 31.9 Å². The summed E-state index contributed by atoms with van der Waals surface area (Å²) in [5, 5.41) is 8.53. The number of hydrogen-bond acceptors (Lipinski definition) is 5. The summed E-state index contributed by atoms with van der Waals surface area (Å²) in [5.74, 6) is -12.3. The predicted octanol–water partition coefficient (Wildman–Crippen LogP) is 5.00. The van der Waals surface area contributed by atoms with E-state index in [-0.39, 0.29) is 50.7 Å². The van der Waals surface area contributed by atoms with Gasteiger partial charge in [0.25, 0.3) is 11.8 Å². The third kappa shape index (κ3) is 6.87. The highest BCUT2D eigenvalue weighted by Gasteiger charge is 2.57. The maximum Gasteiger partial charge on any atom is 0.329 e. The van der Waals surface area contributed by atoms with Crippen molar-refractivity contribution in [2.45, 2.75) is 85.5 Å². The summed E-state index contributed by atoms with van der Waals surface area (Å²) in [6.45, 7) is 8.00. The van der Waals surface area contributed by atoms with Crippen molar-refractivity contribution in [3.05, 3.63) is 93.7 Å². The fourth-order valence-corrected chi connectivity index (χ4v) is 6.96. The van der Waals surface area contributed by atoms with Gasteiger partial charge < -0.3 is 24.0 Å². The van der Waals surface area contributed by atoms with Crippen LogP contribution in [0, 0.1) is 13.8 Å². The number of rotatable bonds is 11. The number of para-hydroxylation sites is 1. The first-order chi connectivity index (χ1) is 26.3. The predicted molar refractivity (Wildman–Crippen MR) is 199 cm³/mol. The number of carbonyl (C=O) groups is 3. The largest absolute Gasteiger partial charge is 0.366 e. The van der Waals surface area contributed by atoms with Gasteiger partial charge in [-0.15, -0.1) is 0 Å². The number of imidazole rings is 2. The normalized spacial score (nSPS) is 13.2. The van der Waals surface area contributed by atoms with Crippen LogP contribution in [0.1, 0.15) is 81.9 Å². The van der Waals surface area contributed by atoms with Crippen molar-refractivity contribution in [2.24, 2.45) is 29.8 Å². The first-order valence-corrected chi connectivity index (χ1v) is 18.0. The average molecular weight is 778 g/mol. The third-order valence-corrected chi connectivity index (χ3v) is 9.79. The molecule has 4 heterocycles. The lowest BCUT2D eigenvalue weighted by molar-refractivity contribution is -0.221. The molecule has 14 nitrogen and oxygen atoms in total. The van der Waals surface area contributed by atoms with Gasteiger partial charge in [0, 0.05) is 32.7 Å². The first kappa shape index (κ1) is 39.6. The molecule has 0 aliphatic rings. The van der Waals surface area contributed by atoms with Gasteiger partial charge in [0.2, 0.25) is 17.1 Å². The number of alkyl halides is 4. The minimum Gasteiger partial charge on any atom is -0.366 e. The van der Waals surface area contributed by atoms with E-state index in [4.69, 9.17) is 5.73 Å². The van der Waals surface area contributed by atoms with Crippen LogP contribution in [-0.4, -0.2) is 67.4 Å². The standard InChI is InChI=1S/C38H43F4N11O3/c1-9-52-29(16-22(5)46-52)33(55)44-35-49(8)28-18-24(32(43)54)14-15-26(28)50(35)19-37(39,40)38(41,42)20-51-31-25(21(3)4)12-11-13-27(31)48(7)36(51)45-34(56)30-17-23(6)47-53(30)10-2/h11-18,21H,9-10,19-20H2,1-8H3,(H2,43,54)/b44-35+,45-36+. The summed E-state index contributed by atoms with van der Waals surface area (Å²) in [6, 6.07) is 11.9. The Morgan fingerprint density at radius 3 is 1.73 bits per heavy atom. The van der Waals surface area contributed by atoms with E-state index in [1.54, 1.807) is 45.9 Å². The minimum absolute atomic E-state index is 0.0104. The number of carbonyl (C=O) groups excluding carboxylic acids is 3. The number of aromatic nitrogens is 8. The monoisotopic (exact) mass is 777 g/mol. The van der Waals surface area contributed by atoms with Gasteiger partial charge in [0.15, 0.2) is 0 Å². The van der Waals surface area contributed by atoms with Crippen molar-refractivity contribution in [2.75, 3.05) is 0 Å². The van der Waals surface area contributed by atoms with Crippen LogP contribution in [0.2, 0.25) is 0 Å². The molecule has 6 rings (SSSR count). The highest BCUT2D eigenvalue weighted by molar-refractivity contribution is 5.97. The molecule has 0 spiro atoms. The van der Waals surface area contributed by atoms with E-state index in [2.05, 4.69) is 20.2 Å². The van der Waals surface area contributed by atoms with Crippen LogP contribution in [0.15, 0.2) is 58.5 Å². The molecule has 56 heavy (non-hydrogen) atoms. The molecule has 0 bridgehead atoms. The van der Waals surface area contributed by atoms with Gasteiger partial charge in [-0.25, -0.2) is 0 Å². The van der Waals surface area contributed by atoms with Crippen LogP contribution in [0.25, 0.3) is 22.1 Å². The van der Waals surface area contributed by atoms with Gasteiger partial charge in [0.1, 0.15) is 11.4 Å². The molecule has 3 amide bonds. The van der Waals surface area contributed by atoms with Gasteiger partial charge in [-0.2, -0.15) is 37.7 Å². The lowest BCUT2D eigenvalue weighted by Gasteiger charge is -2.28. The van der Waals surface area contributed by atoms with Crippen molar-refractivity contribution in [1.82, 2.24) is 37.8 Å². The highest BCUT2D eigenvalue weighted by Crippen LogP contribution is 2.38. The van der Waals surface area contributed by atoms with E-state index < -0.39 is 42.7 Å². The fourth-order valence-electron chi connectivity index (χ4n) is 6.96. The topological polar surface area (TPSA) is 157 Å². The summed E-state index contributed by atoms with van der Waals surface area (Å²) >= 11 is 0. The summed E-state index contributed by atoms with van der Waals surface area (Å²) in [4.78, 5) is 47.6. The van der Waals surface area contributed by atoms with E-state index in [9.17, 15) is 14.4 Å². The first-order valence-electron chi connectivity index (χ1n) is 18.0. The maximum atomic E-state index is 16.6. The summed E-state index contributed by atoms with van der Waals surface area (Å²) in [5.41, 5.74) is 7.41. The molecule has 6 aromatic rings. The van der Waals surface area contributed by atoms with Gasteiger partial charge in [-0.05, 0) is 75.6 Å². The summed E-state index contributed by atoms with van der Waals surface area (Å²) < 4.78 is 73.7. The zero-order chi connectivity index (χ0) is 41.0. The number of primary amides is 1. The molecule has 0 saturated heterocycles. The number of halogens is 4. The average Bonchev–Trinajstić information content (AvgIpc) is 3.86. The minimum atomic E-state index is -4.80. The van der Waals surface area contributed by atoms with Crippen LogP contribution < -0.4 is 17.0 Å². The van der Waals surface area contributed by atoms with Crippen LogP contribution in [0.5, 0.6) is 0 Å². The highest BCUT2D eigenvalue weighted by atomic mass is 19.3. The molecular weight excluding hydrogens is 734 g/mol. The maximum absolute atomic E-state index is 16.6. The number of benzene rings is 2. The fraction of sp³-hybridized carbons (Fsp3) is 0.395. The summed E-state index contributed by atoms with van der Waals surface area (Å²) in [7, 11) is 2.93.